The fourth-order valence-corrected chi connectivity index (χ4v) is 1.97. The highest BCUT2D eigenvalue weighted by atomic mass is 19.4. The number of alkyl halides is 3. The molecule has 2 nitrogen and oxygen atoms in total. The molecule has 5 heteroatoms. The number of hydrogen-bond acceptors (Lipinski definition) is 2. The molecule has 14 heavy (non-hydrogen) atoms. The normalized spacial score (nSPS) is 29.9. The van der Waals surface area contributed by atoms with E-state index in [2.05, 4.69) is 4.74 Å². The maximum atomic E-state index is 12.1. The average Bonchev–Trinajstić information content (AvgIpc) is 2.49. The summed E-state index contributed by atoms with van der Waals surface area (Å²) in [7, 11) is 1.20. The summed E-state index contributed by atoms with van der Waals surface area (Å²) in [6.07, 6.45) is -5.11. The Morgan fingerprint density at radius 3 is 2.29 bits per heavy atom. The lowest BCUT2D eigenvalue weighted by molar-refractivity contribution is -0.146. The van der Waals surface area contributed by atoms with Gasteiger partial charge in [-0.15, -0.1) is 0 Å². The Morgan fingerprint density at radius 1 is 1.43 bits per heavy atom. The number of hydrogen-bond donors (Lipinski definition) is 0. The van der Waals surface area contributed by atoms with Crippen molar-refractivity contribution < 1.29 is 22.7 Å². The molecular formula is C9H13F3O2. The zero-order valence-electron chi connectivity index (χ0n) is 8.31. The molecule has 0 N–H and O–H groups in total. The fraction of sp³-hybridized carbons (Fsp3) is 0.889. The highest BCUT2D eigenvalue weighted by Gasteiger charge is 2.64. The Labute approximate surface area is 80.4 Å². The molecule has 1 aliphatic carbocycles. The lowest BCUT2D eigenvalue weighted by Gasteiger charge is -2.05. The van der Waals surface area contributed by atoms with Crippen LogP contribution in [0.15, 0.2) is 0 Å². The van der Waals surface area contributed by atoms with Gasteiger partial charge < -0.3 is 4.74 Å². The van der Waals surface area contributed by atoms with E-state index in [0.29, 0.717) is 0 Å². The van der Waals surface area contributed by atoms with Gasteiger partial charge in [-0.2, -0.15) is 13.2 Å². The van der Waals surface area contributed by atoms with Crippen LogP contribution >= 0.6 is 0 Å². The molecule has 2 atom stereocenters. The number of halogens is 3. The van der Waals surface area contributed by atoms with Crippen molar-refractivity contribution in [3.63, 3.8) is 0 Å². The van der Waals surface area contributed by atoms with Crippen molar-refractivity contribution in [2.24, 2.45) is 17.3 Å². The lowest BCUT2D eigenvalue weighted by Crippen LogP contribution is -2.11. The molecule has 0 aromatic carbocycles. The minimum absolute atomic E-state index is 0.538. The van der Waals surface area contributed by atoms with Crippen molar-refractivity contribution in [1.29, 1.82) is 0 Å². The Morgan fingerprint density at radius 2 is 1.93 bits per heavy atom. The largest absolute Gasteiger partial charge is 0.469 e. The molecule has 1 saturated carbocycles. The second-order valence-corrected chi connectivity index (χ2v) is 4.25. The van der Waals surface area contributed by atoms with Gasteiger partial charge in [0.25, 0.3) is 0 Å². The molecule has 0 spiro atoms. The molecule has 0 aliphatic heterocycles. The van der Waals surface area contributed by atoms with Crippen molar-refractivity contribution in [2.75, 3.05) is 7.11 Å². The molecule has 0 amide bonds. The van der Waals surface area contributed by atoms with Gasteiger partial charge >= 0.3 is 12.1 Å². The zero-order chi connectivity index (χ0) is 11.1. The predicted octanol–water partition coefficient (Wildman–Crippen LogP) is 2.38. The average molecular weight is 210 g/mol. The molecule has 1 rings (SSSR count). The summed E-state index contributed by atoms with van der Waals surface area (Å²) in [5.41, 5.74) is -0.581. The first kappa shape index (κ1) is 11.3. The first-order chi connectivity index (χ1) is 6.20. The van der Waals surface area contributed by atoms with Crippen molar-refractivity contribution in [1.82, 2.24) is 0 Å². The summed E-state index contributed by atoms with van der Waals surface area (Å²) in [4.78, 5) is 11.1. The van der Waals surface area contributed by atoms with Gasteiger partial charge in [-0.1, -0.05) is 13.8 Å². The number of methoxy groups -OCH3 is 1. The highest BCUT2D eigenvalue weighted by Crippen LogP contribution is 2.62. The number of carbonyl (C=O) groups is 1. The molecule has 0 saturated heterocycles. The smallest absolute Gasteiger partial charge is 0.389 e. The van der Waals surface area contributed by atoms with E-state index < -0.39 is 35.8 Å². The van der Waals surface area contributed by atoms with Crippen LogP contribution in [-0.2, 0) is 9.53 Å². The van der Waals surface area contributed by atoms with E-state index in [-0.39, 0.29) is 0 Å². The maximum Gasteiger partial charge on any atom is 0.389 e. The van der Waals surface area contributed by atoms with E-state index in [9.17, 15) is 18.0 Å². The predicted molar refractivity (Wildman–Crippen MR) is 43.4 cm³/mol. The van der Waals surface area contributed by atoms with Crippen LogP contribution in [-0.4, -0.2) is 19.3 Å². The van der Waals surface area contributed by atoms with Gasteiger partial charge in [0.2, 0.25) is 0 Å². The molecule has 1 aliphatic rings. The second-order valence-electron chi connectivity index (χ2n) is 4.25. The monoisotopic (exact) mass is 210 g/mol. The Hall–Kier alpha value is -0.740. The van der Waals surface area contributed by atoms with Crippen LogP contribution in [0.1, 0.15) is 20.3 Å². The summed E-state index contributed by atoms with van der Waals surface area (Å²) in [5.74, 6) is -1.77. The van der Waals surface area contributed by atoms with E-state index in [0.717, 1.165) is 0 Å². The quantitative estimate of drug-likeness (QED) is 0.654. The number of rotatable bonds is 2. The number of carbonyl (C=O) groups excluding carboxylic acids is 1. The summed E-state index contributed by atoms with van der Waals surface area (Å²) >= 11 is 0. The molecule has 82 valence electrons. The second kappa shape index (κ2) is 3.14. The van der Waals surface area contributed by atoms with Gasteiger partial charge in [-0.05, 0) is 11.3 Å². The molecule has 0 bridgehead atoms. The highest BCUT2D eigenvalue weighted by molar-refractivity contribution is 5.77. The standard InChI is InChI=1S/C9H13F3O2/c1-8(2)5(4-9(10,11)12)6(8)7(13)14-3/h5-6H,4H2,1-3H3. The molecule has 1 fully saturated rings. The van der Waals surface area contributed by atoms with E-state index in [1.54, 1.807) is 13.8 Å². The van der Waals surface area contributed by atoms with Gasteiger partial charge in [-0.3, -0.25) is 4.79 Å². The van der Waals surface area contributed by atoms with Crippen molar-refractivity contribution in [3.8, 4) is 0 Å². The fourth-order valence-electron chi connectivity index (χ4n) is 1.97. The Balaban J connectivity index is 2.62. The molecular weight excluding hydrogens is 197 g/mol. The molecule has 0 aromatic rings. The van der Waals surface area contributed by atoms with Crippen molar-refractivity contribution in [3.05, 3.63) is 0 Å². The zero-order valence-corrected chi connectivity index (χ0v) is 8.31. The van der Waals surface area contributed by atoms with E-state index >= 15 is 0 Å². The van der Waals surface area contributed by atoms with Gasteiger partial charge in [-0.25, -0.2) is 0 Å². The Kier molecular flexibility index (Phi) is 2.54. The maximum absolute atomic E-state index is 12.1. The molecule has 2 unspecified atom stereocenters. The third kappa shape index (κ3) is 2.01. The minimum atomic E-state index is -4.20. The summed E-state index contributed by atoms with van der Waals surface area (Å²) in [6, 6.07) is 0. The third-order valence-electron chi connectivity index (χ3n) is 2.96. The summed E-state index contributed by atoms with van der Waals surface area (Å²) < 4.78 is 40.7. The van der Waals surface area contributed by atoms with Gasteiger partial charge in [0.1, 0.15) is 0 Å². The van der Waals surface area contributed by atoms with Gasteiger partial charge in [0.15, 0.2) is 0 Å². The van der Waals surface area contributed by atoms with E-state index in [4.69, 9.17) is 0 Å². The Bertz CT molecular complexity index is 245. The SMILES string of the molecule is COC(=O)C1C(CC(F)(F)F)C1(C)C. The third-order valence-corrected chi connectivity index (χ3v) is 2.96. The van der Waals surface area contributed by atoms with Crippen LogP contribution in [0.5, 0.6) is 0 Å². The molecule has 0 heterocycles. The number of esters is 1. The van der Waals surface area contributed by atoms with Crippen molar-refractivity contribution >= 4 is 5.97 Å². The van der Waals surface area contributed by atoms with Crippen LogP contribution in [0.3, 0.4) is 0 Å². The first-order valence-corrected chi connectivity index (χ1v) is 4.34. The van der Waals surface area contributed by atoms with E-state index in [1.165, 1.54) is 7.11 Å². The minimum Gasteiger partial charge on any atom is -0.469 e. The molecule has 0 aromatic heterocycles. The van der Waals surface area contributed by atoms with Gasteiger partial charge in [0, 0.05) is 6.42 Å². The van der Waals surface area contributed by atoms with Crippen LogP contribution in [0.25, 0.3) is 0 Å². The van der Waals surface area contributed by atoms with Crippen LogP contribution in [0.4, 0.5) is 13.2 Å². The van der Waals surface area contributed by atoms with Crippen LogP contribution in [0.2, 0.25) is 0 Å². The summed E-state index contributed by atoms with van der Waals surface area (Å²) in [6.45, 7) is 3.32. The first-order valence-electron chi connectivity index (χ1n) is 4.34. The number of ether oxygens (including phenoxy) is 1. The van der Waals surface area contributed by atoms with Gasteiger partial charge in [0.05, 0.1) is 13.0 Å². The van der Waals surface area contributed by atoms with E-state index in [1.807, 2.05) is 0 Å². The topological polar surface area (TPSA) is 26.3 Å². The molecule has 0 radical (unpaired) electrons. The van der Waals surface area contributed by atoms with Crippen molar-refractivity contribution in [2.45, 2.75) is 26.4 Å². The lowest BCUT2D eigenvalue weighted by atomic mass is 10.1. The summed E-state index contributed by atoms with van der Waals surface area (Å²) in [5, 5.41) is 0. The van der Waals surface area contributed by atoms with Crippen LogP contribution in [0, 0.1) is 17.3 Å². The van der Waals surface area contributed by atoms with Crippen LogP contribution < -0.4 is 0 Å².